The maximum absolute atomic E-state index is 13.1. The van der Waals surface area contributed by atoms with Gasteiger partial charge in [0.2, 0.25) is 10.0 Å². The van der Waals surface area contributed by atoms with Crippen LogP contribution in [0.3, 0.4) is 0 Å². The van der Waals surface area contributed by atoms with E-state index in [9.17, 15) is 21.6 Å². The average molecular weight is 415 g/mol. The summed E-state index contributed by atoms with van der Waals surface area (Å²) in [5.74, 6) is 0. The molecular weight excluding hydrogens is 401 g/mol. The Hall–Kier alpha value is -2.34. The topological polar surface area (TPSA) is 61.2 Å². The van der Waals surface area contributed by atoms with Crippen molar-refractivity contribution in [1.29, 1.82) is 5.26 Å². The minimum absolute atomic E-state index is 0.122. The Bertz CT molecular complexity index is 998. The van der Waals surface area contributed by atoms with Crippen LogP contribution in [0, 0.1) is 11.3 Å². The highest BCUT2D eigenvalue weighted by atomic mass is 35.5. The summed E-state index contributed by atoms with van der Waals surface area (Å²) in [5.41, 5.74) is -0.367. The molecule has 9 heteroatoms. The number of halogens is 4. The third-order valence-electron chi connectivity index (χ3n) is 3.63. The summed E-state index contributed by atoms with van der Waals surface area (Å²) in [6, 6.07) is 10.7. The number of hydrogen-bond donors (Lipinski definition) is 0. The molecule has 0 aliphatic carbocycles. The monoisotopic (exact) mass is 414 g/mol. The van der Waals surface area contributed by atoms with Gasteiger partial charge in [-0.2, -0.15) is 22.7 Å². The van der Waals surface area contributed by atoms with E-state index in [1.54, 1.807) is 18.2 Å². The molecule has 0 fully saturated rings. The third-order valence-corrected chi connectivity index (χ3v) is 5.77. The number of hydrogen-bond acceptors (Lipinski definition) is 3. The zero-order chi connectivity index (χ0) is 20.2. The summed E-state index contributed by atoms with van der Waals surface area (Å²) < 4.78 is 65.9. The van der Waals surface area contributed by atoms with Gasteiger partial charge in [-0.05, 0) is 35.9 Å². The Balaban J connectivity index is 2.47. The van der Waals surface area contributed by atoms with Gasteiger partial charge in [0, 0.05) is 13.1 Å². The molecule has 142 valence electrons. The molecule has 4 nitrogen and oxygen atoms in total. The van der Waals surface area contributed by atoms with Crippen molar-refractivity contribution < 1.29 is 21.6 Å². The molecule has 2 aromatic rings. The van der Waals surface area contributed by atoms with Gasteiger partial charge in [-0.3, -0.25) is 0 Å². The first-order chi connectivity index (χ1) is 12.6. The maximum atomic E-state index is 13.1. The lowest BCUT2D eigenvalue weighted by Gasteiger charge is -2.22. The van der Waals surface area contributed by atoms with Gasteiger partial charge >= 0.3 is 6.18 Å². The highest BCUT2D eigenvalue weighted by Gasteiger charge is 2.35. The van der Waals surface area contributed by atoms with Gasteiger partial charge in [-0.25, -0.2) is 8.42 Å². The van der Waals surface area contributed by atoms with Crippen molar-refractivity contribution in [2.24, 2.45) is 0 Å². The molecule has 0 heterocycles. The standard InChI is InChI=1S/C18H14ClF3N2O2S/c1-2-8-24(12-14-5-3-4-13(9-14)11-23)27(25,26)15-6-7-17(19)16(10-15)18(20,21)22/h2-7,9-10H,1,8,12H2. The molecule has 0 aromatic heterocycles. The maximum Gasteiger partial charge on any atom is 0.417 e. The van der Waals surface area contributed by atoms with Crippen LogP contribution < -0.4 is 0 Å². The van der Waals surface area contributed by atoms with Gasteiger partial charge in [0.15, 0.2) is 0 Å². The van der Waals surface area contributed by atoms with Gasteiger partial charge in [-0.15, -0.1) is 6.58 Å². The van der Waals surface area contributed by atoms with Crippen LogP contribution in [0.2, 0.25) is 5.02 Å². The Kier molecular flexibility index (Phi) is 6.31. The first kappa shape index (κ1) is 21.0. The van der Waals surface area contributed by atoms with E-state index >= 15 is 0 Å². The summed E-state index contributed by atoms with van der Waals surface area (Å²) in [7, 11) is -4.26. The summed E-state index contributed by atoms with van der Waals surface area (Å²) in [6.07, 6.45) is -3.46. The minimum Gasteiger partial charge on any atom is -0.207 e. The zero-order valence-electron chi connectivity index (χ0n) is 13.9. The van der Waals surface area contributed by atoms with Crippen molar-refractivity contribution in [1.82, 2.24) is 4.31 Å². The first-order valence-electron chi connectivity index (χ1n) is 7.56. The van der Waals surface area contributed by atoms with E-state index in [1.807, 2.05) is 6.07 Å². The van der Waals surface area contributed by atoms with Crippen molar-refractivity contribution in [3.63, 3.8) is 0 Å². The number of rotatable bonds is 6. The summed E-state index contributed by atoms with van der Waals surface area (Å²) >= 11 is 5.56. The first-order valence-corrected chi connectivity index (χ1v) is 9.38. The SMILES string of the molecule is C=CCN(Cc1cccc(C#N)c1)S(=O)(=O)c1ccc(Cl)c(C(F)(F)F)c1. The Morgan fingerprint density at radius 2 is 1.93 bits per heavy atom. The molecular formula is C18H14ClF3N2O2S. The number of sulfonamides is 1. The average Bonchev–Trinajstić information content (AvgIpc) is 2.60. The van der Waals surface area contributed by atoms with Crippen LogP contribution in [0.25, 0.3) is 0 Å². The van der Waals surface area contributed by atoms with E-state index in [1.165, 1.54) is 12.1 Å². The second-order valence-corrected chi connectivity index (χ2v) is 7.88. The van der Waals surface area contributed by atoms with Crippen LogP contribution in [0.4, 0.5) is 13.2 Å². The fraction of sp³-hybridized carbons (Fsp3) is 0.167. The minimum atomic E-state index is -4.78. The molecule has 0 N–H and O–H groups in total. The molecule has 0 radical (unpaired) electrons. The quantitative estimate of drug-likeness (QED) is 0.648. The number of nitriles is 1. The van der Waals surface area contributed by atoms with Crippen molar-refractivity contribution in [3.8, 4) is 6.07 Å². The van der Waals surface area contributed by atoms with Crippen molar-refractivity contribution in [2.45, 2.75) is 17.6 Å². The van der Waals surface area contributed by atoms with Crippen LogP contribution in [0.1, 0.15) is 16.7 Å². The van der Waals surface area contributed by atoms with Gasteiger partial charge in [-0.1, -0.05) is 29.8 Å². The number of alkyl halides is 3. The summed E-state index contributed by atoms with van der Waals surface area (Å²) in [6.45, 7) is 3.24. The van der Waals surface area contributed by atoms with Gasteiger partial charge in [0.1, 0.15) is 0 Å². The van der Waals surface area contributed by atoms with E-state index in [2.05, 4.69) is 6.58 Å². The molecule has 0 spiro atoms. The fourth-order valence-corrected chi connectivity index (χ4v) is 4.02. The second-order valence-electron chi connectivity index (χ2n) is 5.54. The number of nitrogens with zero attached hydrogens (tertiary/aromatic N) is 2. The normalized spacial score (nSPS) is 12.0. The molecule has 0 amide bonds. The molecule has 0 aliphatic heterocycles. The largest absolute Gasteiger partial charge is 0.417 e. The Morgan fingerprint density at radius 1 is 1.22 bits per heavy atom. The van der Waals surface area contributed by atoms with Gasteiger partial charge in [0.05, 0.1) is 27.1 Å². The Labute approximate surface area is 160 Å². The lowest BCUT2D eigenvalue weighted by molar-refractivity contribution is -0.137. The van der Waals surface area contributed by atoms with Crippen molar-refractivity contribution in [2.75, 3.05) is 6.54 Å². The van der Waals surface area contributed by atoms with Crippen LogP contribution in [0.5, 0.6) is 0 Å². The Morgan fingerprint density at radius 3 is 2.52 bits per heavy atom. The third kappa shape index (κ3) is 4.89. The van der Waals surface area contributed by atoms with Gasteiger partial charge in [0.25, 0.3) is 0 Å². The molecule has 0 saturated heterocycles. The van der Waals surface area contributed by atoms with Gasteiger partial charge < -0.3 is 0 Å². The molecule has 27 heavy (non-hydrogen) atoms. The van der Waals surface area contributed by atoms with Crippen molar-refractivity contribution >= 4 is 21.6 Å². The summed E-state index contributed by atoms with van der Waals surface area (Å²) in [4.78, 5) is -0.530. The van der Waals surface area contributed by atoms with Crippen LogP contribution in [0.15, 0.2) is 60.0 Å². The highest BCUT2D eigenvalue weighted by Crippen LogP contribution is 2.36. The van der Waals surface area contributed by atoms with Crippen LogP contribution in [-0.2, 0) is 22.7 Å². The van der Waals surface area contributed by atoms with Crippen molar-refractivity contribution in [3.05, 3.63) is 76.8 Å². The van der Waals surface area contributed by atoms with E-state index in [0.29, 0.717) is 17.2 Å². The lowest BCUT2D eigenvalue weighted by atomic mass is 10.1. The molecule has 0 atom stereocenters. The predicted octanol–water partition coefficient (Wildman–Crippen LogP) is 4.61. The molecule has 0 aliphatic rings. The van der Waals surface area contributed by atoms with E-state index in [-0.39, 0.29) is 13.1 Å². The molecule has 2 rings (SSSR count). The van der Waals surface area contributed by atoms with Crippen LogP contribution in [-0.4, -0.2) is 19.3 Å². The smallest absolute Gasteiger partial charge is 0.207 e. The molecule has 2 aromatic carbocycles. The fourth-order valence-electron chi connectivity index (χ4n) is 2.37. The molecule has 0 unspecified atom stereocenters. The zero-order valence-corrected chi connectivity index (χ0v) is 15.4. The molecule has 0 saturated carbocycles. The van der Waals surface area contributed by atoms with E-state index < -0.39 is 31.7 Å². The lowest BCUT2D eigenvalue weighted by Crippen LogP contribution is -2.31. The van der Waals surface area contributed by atoms with E-state index in [4.69, 9.17) is 16.9 Å². The molecule has 0 bridgehead atoms. The number of benzene rings is 2. The second kappa shape index (κ2) is 8.13. The highest BCUT2D eigenvalue weighted by molar-refractivity contribution is 7.89. The summed E-state index contributed by atoms with van der Waals surface area (Å²) in [5, 5.41) is 8.37. The van der Waals surface area contributed by atoms with E-state index in [0.717, 1.165) is 16.4 Å². The predicted molar refractivity (Wildman–Crippen MR) is 95.4 cm³/mol. The van der Waals surface area contributed by atoms with Crippen LogP contribution >= 0.6 is 11.6 Å².